The van der Waals surface area contributed by atoms with Crippen molar-refractivity contribution in [2.75, 3.05) is 31.5 Å². The Morgan fingerprint density at radius 2 is 2.11 bits per heavy atom. The third kappa shape index (κ3) is 4.01. The molecule has 1 aliphatic rings. The van der Waals surface area contributed by atoms with E-state index in [0.29, 0.717) is 17.1 Å². The Hall–Kier alpha value is -3.13. The molecule has 0 bridgehead atoms. The third-order valence-corrected chi connectivity index (χ3v) is 4.66. The van der Waals surface area contributed by atoms with Crippen LogP contribution in [0.3, 0.4) is 0 Å². The number of likely N-dealkylation sites (tertiary alicyclic amines) is 1. The monoisotopic (exact) mass is 366 g/mol. The van der Waals surface area contributed by atoms with Crippen LogP contribution in [0.1, 0.15) is 12.8 Å². The van der Waals surface area contributed by atoms with Crippen molar-refractivity contribution in [1.29, 1.82) is 0 Å². The summed E-state index contributed by atoms with van der Waals surface area (Å²) in [5.74, 6) is 1.82. The lowest BCUT2D eigenvalue weighted by atomic mass is 10.2. The van der Waals surface area contributed by atoms with Crippen molar-refractivity contribution in [1.82, 2.24) is 19.9 Å². The number of H-pyrrole nitrogens is 1. The Balaban J connectivity index is 1.45. The minimum atomic E-state index is -0.863. The number of hydrogen-bond acceptors (Lipinski definition) is 6. The van der Waals surface area contributed by atoms with Gasteiger partial charge in [-0.15, -0.1) is 0 Å². The van der Waals surface area contributed by atoms with Crippen molar-refractivity contribution in [3.8, 4) is 17.1 Å². The van der Waals surface area contributed by atoms with E-state index in [0.717, 1.165) is 30.0 Å². The van der Waals surface area contributed by atoms with E-state index in [4.69, 9.17) is 10.5 Å². The maximum absolute atomic E-state index is 11.0. The number of carbonyl (C=O) groups is 1. The summed E-state index contributed by atoms with van der Waals surface area (Å²) >= 11 is 0. The second-order valence-corrected chi connectivity index (χ2v) is 6.57. The normalized spacial score (nSPS) is 14.5. The molecule has 27 heavy (non-hydrogen) atoms. The minimum absolute atomic E-state index is 0.329. The predicted molar refractivity (Wildman–Crippen MR) is 104 cm³/mol. The lowest BCUT2D eigenvalue weighted by molar-refractivity contribution is 0.211. The Morgan fingerprint density at radius 3 is 2.85 bits per heavy atom. The van der Waals surface area contributed by atoms with Crippen molar-refractivity contribution in [3.63, 3.8) is 0 Å². The van der Waals surface area contributed by atoms with Crippen LogP contribution in [0, 0.1) is 0 Å². The summed E-state index contributed by atoms with van der Waals surface area (Å²) in [5, 5.41) is 3.35. The highest BCUT2D eigenvalue weighted by Crippen LogP contribution is 2.27. The van der Waals surface area contributed by atoms with Gasteiger partial charge in [0.2, 0.25) is 0 Å². The number of aromatic nitrogens is 3. The lowest BCUT2D eigenvalue weighted by Gasteiger charge is -2.14. The molecule has 1 amide bonds. The number of pyridine rings is 1. The van der Waals surface area contributed by atoms with E-state index in [1.165, 1.54) is 25.9 Å². The van der Waals surface area contributed by atoms with Crippen molar-refractivity contribution in [2.24, 2.45) is 5.73 Å². The molecule has 1 aliphatic heterocycles. The Morgan fingerprint density at radius 1 is 1.26 bits per heavy atom. The second kappa shape index (κ2) is 7.63. The molecule has 1 fully saturated rings. The summed E-state index contributed by atoms with van der Waals surface area (Å²) in [7, 11) is 0. The smallest absolute Gasteiger partial charge is 0.408 e. The molecule has 4 N–H and O–H groups in total. The highest BCUT2D eigenvalue weighted by atomic mass is 16.5. The van der Waals surface area contributed by atoms with Crippen LogP contribution in [-0.2, 0) is 0 Å². The number of nitrogens with zero attached hydrogens (tertiary/aromatic N) is 3. The van der Waals surface area contributed by atoms with Crippen LogP contribution in [0.25, 0.3) is 22.4 Å². The number of fused-ring (bicyclic) bond motifs is 1. The largest absolute Gasteiger partial charge is 0.410 e. The summed E-state index contributed by atoms with van der Waals surface area (Å²) in [6.07, 6.45) is 3.51. The fourth-order valence-electron chi connectivity index (χ4n) is 3.32. The number of benzene rings is 1. The molecule has 4 rings (SSSR count). The Labute approximate surface area is 156 Å². The molecule has 0 aliphatic carbocycles. The number of nitrogens with two attached hydrogens (primary N) is 1. The molecule has 8 heteroatoms. The van der Waals surface area contributed by atoms with Gasteiger partial charge in [0.1, 0.15) is 17.2 Å². The molecular formula is C19H22N6O2. The summed E-state index contributed by atoms with van der Waals surface area (Å²) in [5.41, 5.74) is 7.27. The number of imidazole rings is 1. The third-order valence-electron chi connectivity index (χ3n) is 4.66. The van der Waals surface area contributed by atoms with Gasteiger partial charge in [-0.05, 0) is 50.2 Å². The van der Waals surface area contributed by atoms with E-state index in [1.807, 2.05) is 18.2 Å². The highest BCUT2D eigenvalue weighted by Gasteiger charge is 2.12. The number of hydrogen-bond donors (Lipinski definition) is 3. The minimum Gasteiger partial charge on any atom is -0.408 e. The van der Waals surface area contributed by atoms with Crippen molar-refractivity contribution in [2.45, 2.75) is 12.8 Å². The molecule has 140 valence electrons. The fourth-order valence-corrected chi connectivity index (χ4v) is 3.32. The molecule has 0 spiro atoms. The quantitative estimate of drug-likeness (QED) is 0.619. The van der Waals surface area contributed by atoms with Crippen LogP contribution in [-0.4, -0.2) is 52.1 Å². The van der Waals surface area contributed by atoms with Crippen molar-refractivity contribution >= 4 is 22.9 Å². The van der Waals surface area contributed by atoms with Crippen molar-refractivity contribution < 1.29 is 9.53 Å². The van der Waals surface area contributed by atoms with Crippen LogP contribution in [0.2, 0.25) is 0 Å². The zero-order valence-corrected chi connectivity index (χ0v) is 14.9. The maximum Gasteiger partial charge on any atom is 0.410 e. The molecule has 0 atom stereocenters. The predicted octanol–water partition coefficient (Wildman–Crippen LogP) is 2.59. The molecule has 3 aromatic rings. The molecule has 1 saturated heterocycles. The van der Waals surface area contributed by atoms with E-state index in [1.54, 1.807) is 18.3 Å². The number of aromatic amines is 1. The lowest BCUT2D eigenvalue weighted by Crippen LogP contribution is -2.26. The van der Waals surface area contributed by atoms with Crippen LogP contribution in [0.15, 0.2) is 36.5 Å². The van der Waals surface area contributed by atoms with Gasteiger partial charge >= 0.3 is 6.09 Å². The van der Waals surface area contributed by atoms with Gasteiger partial charge in [-0.2, -0.15) is 0 Å². The van der Waals surface area contributed by atoms with Crippen LogP contribution in [0.4, 0.5) is 10.6 Å². The van der Waals surface area contributed by atoms with Gasteiger partial charge in [0.25, 0.3) is 0 Å². The standard InChI is InChI=1S/C19H22N6O2/c20-19(26)27-15-5-3-4-14-17(15)24-18(23-14)13-6-7-16(22-12-13)21-8-11-25-9-1-2-10-25/h3-7,12H,1-2,8-11H2,(H2,20,26)(H,21,22)(H,23,24). The Bertz CT molecular complexity index is 931. The van der Waals surface area contributed by atoms with Gasteiger partial charge in [0.05, 0.1) is 5.52 Å². The fraction of sp³-hybridized carbons (Fsp3) is 0.316. The molecule has 2 aromatic heterocycles. The zero-order valence-electron chi connectivity index (χ0n) is 14.9. The number of rotatable bonds is 6. The average molecular weight is 366 g/mol. The van der Waals surface area contributed by atoms with Gasteiger partial charge in [-0.1, -0.05) is 6.07 Å². The van der Waals surface area contributed by atoms with Gasteiger partial charge < -0.3 is 25.7 Å². The number of nitrogens with one attached hydrogen (secondary N) is 2. The van der Waals surface area contributed by atoms with E-state index < -0.39 is 6.09 Å². The second-order valence-electron chi connectivity index (χ2n) is 6.57. The topological polar surface area (TPSA) is 109 Å². The molecule has 1 aromatic carbocycles. The van der Waals surface area contributed by atoms with Crippen molar-refractivity contribution in [3.05, 3.63) is 36.5 Å². The van der Waals surface area contributed by atoms with E-state index in [9.17, 15) is 4.79 Å². The molecule has 0 radical (unpaired) electrons. The van der Waals surface area contributed by atoms with E-state index in [2.05, 4.69) is 25.2 Å². The van der Waals surface area contributed by atoms with Crippen LogP contribution in [0.5, 0.6) is 5.75 Å². The Kier molecular flexibility index (Phi) is 4.88. The first kappa shape index (κ1) is 17.3. The van der Waals surface area contributed by atoms with Gasteiger partial charge in [0.15, 0.2) is 5.75 Å². The van der Waals surface area contributed by atoms with Gasteiger partial charge in [-0.3, -0.25) is 0 Å². The summed E-state index contributed by atoms with van der Waals surface area (Å²) < 4.78 is 5.01. The summed E-state index contributed by atoms with van der Waals surface area (Å²) in [4.78, 5) is 25.7. The van der Waals surface area contributed by atoms with E-state index >= 15 is 0 Å². The molecule has 8 nitrogen and oxygen atoms in total. The molecule has 0 unspecified atom stereocenters. The number of para-hydroxylation sites is 1. The first-order valence-corrected chi connectivity index (χ1v) is 9.08. The molecular weight excluding hydrogens is 344 g/mol. The van der Waals surface area contributed by atoms with E-state index in [-0.39, 0.29) is 0 Å². The SMILES string of the molecule is NC(=O)Oc1cccc2[nH]c(-c3ccc(NCCN4CCCC4)nc3)nc12. The summed E-state index contributed by atoms with van der Waals surface area (Å²) in [6.45, 7) is 4.31. The molecule has 0 saturated carbocycles. The van der Waals surface area contributed by atoms with Crippen LogP contribution >= 0.6 is 0 Å². The number of ether oxygens (including phenoxy) is 1. The van der Waals surface area contributed by atoms with Gasteiger partial charge in [-0.25, -0.2) is 14.8 Å². The molecule has 3 heterocycles. The van der Waals surface area contributed by atoms with Gasteiger partial charge in [0, 0.05) is 24.8 Å². The first-order valence-electron chi connectivity index (χ1n) is 9.08. The summed E-state index contributed by atoms with van der Waals surface area (Å²) in [6, 6.07) is 9.18. The average Bonchev–Trinajstić information content (AvgIpc) is 3.32. The van der Waals surface area contributed by atoms with Crippen LogP contribution < -0.4 is 15.8 Å². The number of carbonyl (C=O) groups excluding carboxylic acids is 1. The highest BCUT2D eigenvalue weighted by molar-refractivity contribution is 5.87. The zero-order chi connectivity index (χ0) is 18.6. The number of primary amides is 1. The number of anilines is 1. The number of amides is 1. The maximum atomic E-state index is 11.0. The first-order chi connectivity index (χ1) is 13.2.